The Labute approximate surface area is 221 Å². The minimum Gasteiger partial charge on any atom is -0.486 e. The van der Waals surface area contributed by atoms with Crippen LogP contribution in [0.25, 0.3) is 0 Å². The number of allylic oxidation sites excluding steroid dienone is 3. The molecule has 1 atom stereocenters. The average Bonchev–Trinajstić information content (AvgIpc) is 2.87. The van der Waals surface area contributed by atoms with Crippen molar-refractivity contribution >= 4 is 23.2 Å². The van der Waals surface area contributed by atoms with Crippen LogP contribution in [0.5, 0.6) is 0 Å². The van der Waals surface area contributed by atoms with Gasteiger partial charge in [-0.1, -0.05) is 75.0 Å². The van der Waals surface area contributed by atoms with Crippen LogP contribution in [0.15, 0.2) is 85.2 Å². The molecule has 0 aliphatic carbocycles. The number of rotatable bonds is 11. The first-order chi connectivity index (χ1) is 17.3. The van der Waals surface area contributed by atoms with Crippen molar-refractivity contribution in [3.05, 3.63) is 101 Å². The molecule has 1 saturated heterocycles. The Morgan fingerprint density at radius 2 is 1.89 bits per heavy atom. The third-order valence-electron chi connectivity index (χ3n) is 6.78. The van der Waals surface area contributed by atoms with Gasteiger partial charge in [-0.3, -0.25) is 4.79 Å². The summed E-state index contributed by atoms with van der Waals surface area (Å²) in [5.41, 5.74) is 4.26. The van der Waals surface area contributed by atoms with E-state index in [2.05, 4.69) is 35.5 Å². The molecule has 0 saturated carbocycles. The largest absolute Gasteiger partial charge is 0.486 e. The Balaban J connectivity index is 1.58. The highest BCUT2D eigenvalue weighted by Crippen LogP contribution is 2.32. The van der Waals surface area contributed by atoms with E-state index in [0.29, 0.717) is 16.7 Å². The van der Waals surface area contributed by atoms with Crippen molar-refractivity contribution in [3.8, 4) is 0 Å². The lowest BCUT2D eigenvalue weighted by molar-refractivity contribution is -0.118. The van der Waals surface area contributed by atoms with Gasteiger partial charge >= 0.3 is 0 Å². The van der Waals surface area contributed by atoms with Gasteiger partial charge in [0, 0.05) is 29.6 Å². The van der Waals surface area contributed by atoms with Crippen LogP contribution < -0.4 is 5.32 Å². The number of amides is 1. The molecule has 0 spiro atoms. The molecule has 4 nitrogen and oxygen atoms in total. The highest BCUT2D eigenvalue weighted by atomic mass is 35.5. The first-order valence-electron chi connectivity index (χ1n) is 12.8. The second-order valence-corrected chi connectivity index (χ2v) is 10.3. The van der Waals surface area contributed by atoms with Crippen LogP contribution in [0, 0.1) is 5.92 Å². The van der Waals surface area contributed by atoms with E-state index in [1.165, 1.54) is 5.56 Å². The fourth-order valence-corrected chi connectivity index (χ4v) is 4.58. The maximum atomic E-state index is 12.1. The summed E-state index contributed by atoms with van der Waals surface area (Å²) in [4.78, 5) is 14.6. The van der Waals surface area contributed by atoms with Crippen molar-refractivity contribution < 1.29 is 9.53 Å². The number of carbonyl (C=O) groups is 1. The molecule has 192 valence electrons. The van der Waals surface area contributed by atoms with Crippen molar-refractivity contribution in [2.75, 3.05) is 25.0 Å². The second kappa shape index (κ2) is 13.5. The molecule has 2 aromatic rings. The number of halogens is 1. The van der Waals surface area contributed by atoms with Gasteiger partial charge < -0.3 is 15.0 Å². The number of hydrogen-bond acceptors (Lipinski definition) is 3. The molecule has 1 amide bonds. The lowest BCUT2D eigenvalue weighted by Crippen LogP contribution is -2.34. The molecular formula is C31H39ClN2O2. The summed E-state index contributed by atoms with van der Waals surface area (Å²) in [5.74, 6) is 1.19. The molecule has 1 unspecified atom stereocenters. The molecule has 3 rings (SSSR count). The fourth-order valence-electron chi connectivity index (χ4n) is 4.45. The van der Waals surface area contributed by atoms with Gasteiger partial charge in [-0.15, -0.1) is 0 Å². The lowest BCUT2D eigenvalue weighted by Gasteiger charge is -2.33. The Morgan fingerprint density at radius 3 is 2.53 bits per heavy atom. The number of likely N-dealkylation sites (tertiary alicyclic amines) is 1. The number of nitrogens with one attached hydrogen (secondary N) is 1. The summed E-state index contributed by atoms with van der Waals surface area (Å²) in [6.07, 6.45) is 6.63. The van der Waals surface area contributed by atoms with Crippen LogP contribution >= 0.6 is 11.6 Å². The minimum atomic E-state index is -0.0955. The number of carbonyl (C=O) groups excluding carboxylic acids is 1. The highest BCUT2D eigenvalue weighted by molar-refractivity contribution is 6.30. The van der Waals surface area contributed by atoms with Crippen LogP contribution in [0.4, 0.5) is 5.69 Å². The maximum absolute atomic E-state index is 12.1. The summed E-state index contributed by atoms with van der Waals surface area (Å²) < 4.78 is 6.32. The molecule has 1 fully saturated rings. The Morgan fingerprint density at radius 1 is 1.19 bits per heavy atom. The number of ether oxygens (including phenoxy) is 1. The molecule has 1 aliphatic heterocycles. The van der Waals surface area contributed by atoms with Gasteiger partial charge in [0.2, 0.25) is 5.91 Å². The molecular weight excluding hydrogens is 468 g/mol. The third kappa shape index (κ3) is 8.11. The van der Waals surface area contributed by atoms with Gasteiger partial charge in [0.1, 0.15) is 11.9 Å². The van der Waals surface area contributed by atoms with E-state index in [1.807, 2.05) is 63.2 Å². The number of anilines is 1. The topological polar surface area (TPSA) is 41.6 Å². The Kier molecular flexibility index (Phi) is 10.4. The predicted octanol–water partition coefficient (Wildman–Crippen LogP) is 7.91. The van der Waals surface area contributed by atoms with Crippen LogP contribution in [0.2, 0.25) is 5.02 Å². The lowest BCUT2D eigenvalue weighted by atomic mass is 9.89. The van der Waals surface area contributed by atoms with Crippen molar-refractivity contribution in [2.24, 2.45) is 5.92 Å². The first kappa shape index (κ1) is 27.8. The van der Waals surface area contributed by atoms with Crippen molar-refractivity contribution in [1.82, 2.24) is 4.90 Å². The van der Waals surface area contributed by atoms with Crippen LogP contribution in [0.3, 0.4) is 0 Å². The number of hydrogen-bond donors (Lipinski definition) is 1. The van der Waals surface area contributed by atoms with Gasteiger partial charge in [0.05, 0.1) is 0 Å². The Hall–Kier alpha value is -2.82. The van der Waals surface area contributed by atoms with Gasteiger partial charge in [0.25, 0.3) is 0 Å². The summed E-state index contributed by atoms with van der Waals surface area (Å²) in [7, 11) is 0. The van der Waals surface area contributed by atoms with Gasteiger partial charge in [0.15, 0.2) is 0 Å². The molecule has 5 heteroatoms. The molecule has 0 radical (unpaired) electrons. The van der Waals surface area contributed by atoms with Gasteiger partial charge in [-0.05, 0) is 79.7 Å². The highest BCUT2D eigenvalue weighted by Gasteiger charge is 2.23. The summed E-state index contributed by atoms with van der Waals surface area (Å²) in [5, 5.41) is 3.74. The number of nitrogens with zero attached hydrogens (tertiary/aromatic N) is 1. The minimum absolute atomic E-state index is 0.0309. The van der Waals surface area contributed by atoms with Crippen LogP contribution in [-0.2, 0) is 9.53 Å². The SMILES string of the molecule is C=C/C=C(/C)C(=C)OC(CCN1CCC(c2cccc(NC(=O)C(C)C)c2)CC1)c1ccc(Cl)cc1. The monoisotopic (exact) mass is 506 g/mol. The smallest absolute Gasteiger partial charge is 0.226 e. The molecule has 0 aromatic heterocycles. The standard InChI is InChI=1S/C31H39ClN2O2/c1-6-8-23(4)24(5)36-30(26-11-13-28(32)14-12-26)17-20-34-18-15-25(16-19-34)27-9-7-10-29(21-27)33-31(35)22(2)3/h6-14,21-22,25,30H,1,5,15-20H2,2-4H3,(H,33,35)/b23-8-. The molecule has 36 heavy (non-hydrogen) atoms. The zero-order valence-corrected chi connectivity index (χ0v) is 22.6. The third-order valence-corrected chi connectivity index (χ3v) is 7.03. The van der Waals surface area contributed by atoms with E-state index in [0.717, 1.165) is 55.7 Å². The molecule has 2 aromatic carbocycles. The van der Waals surface area contributed by atoms with E-state index >= 15 is 0 Å². The van der Waals surface area contributed by atoms with Crippen LogP contribution in [0.1, 0.15) is 63.2 Å². The van der Waals surface area contributed by atoms with E-state index in [9.17, 15) is 4.79 Å². The normalized spacial score (nSPS) is 16.0. The summed E-state index contributed by atoms with van der Waals surface area (Å²) in [6, 6.07) is 16.2. The maximum Gasteiger partial charge on any atom is 0.226 e. The summed E-state index contributed by atoms with van der Waals surface area (Å²) in [6.45, 7) is 16.7. The zero-order valence-electron chi connectivity index (χ0n) is 21.8. The van der Waals surface area contributed by atoms with Crippen LogP contribution in [-0.4, -0.2) is 30.4 Å². The average molecular weight is 507 g/mol. The number of piperidine rings is 1. The van der Waals surface area contributed by atoms with E-state index in [-0.39, 0.29) is 17.9 Å². The van der Waals surface area contributed by atoms with E-state index < -0.39 is 0 Å². The number of benzene rings is 2. The molecule has 1 aliphatic rings. The van der Waals surface area contributed by atoms with Gasteiger partial charge in [-0.25, -0.2) is 0 Å². The van der Waals surface area contributed by atoms with E-state index in [4.69, 9.17) is 16.3 Å². The fraction of sp³-hybridized carbons (Fsp3) is 0.387. The molecule has 1 heterocycles. The van der Waals surface area contributed by atoms with Gasteiger partial charge in [-0.2, -0.15) is 0 Å². The first-order valence-corrected chi connectivity index (χ1v) is 13.2. The van der Waals surface area contributed by atoms with E-state index in [1.54, 1.807) is 6.08 Å². The molecule has 1 N–H and O–H groups in total. The quantitative estimate of drug-likeness (QED) is 0.248. The molecule has 0 bridgehead atoms. The second-order valence-electron chi connectivity index (χ2n) is 9.84. The summed E-state index contributed by atoms with van der Waals surface area (Å²) >= 11 is 6.12. The predicted molar refractivity (Wildman–Crippen MR) is 151 cm³/mol. The van der Waals surface area contributed by atoms with Crippen molar-refractivity contribution in [3.63, 3.8) is 0 Å². The van der Waals surface area contributed by atoms with Crippen molar-refractivity contribution in [1.29, 1.82) is 0 Å². The zero-order chi connectivity index (χ0) is 26.1. The van der Waals surface area contributed by atoms with Crippen molar-refractivity contribution in [2.45, 2.75) is 52.1 Å². The Bertz CT molecular complexity index is 1070.